The van der Waals surface area contributed by atoms with Crippen molar-refractivity contribution >= 4 is 34.1 Å². The molecule has 8 heteroatoms. The van der Waals surface area contributed by atoms with Crippen LogP contribution < -0.4 is 5.32 Å². The Labute approximate surface area is 154 Å². The van der Waals surface area contributed by atoms with Gasteiger partial charge in [0.15, 0.2) is 10.3 Å². The number of benzene rings is 1. The average molecular weight is 374 g/mol. The van der Waals surface area contributed by atoms with Crippen LogP contribution in [0.5, 0.6) is 0 Å². The highest BCUT2D eigenvalue weighted by atomic mass is 32.2. The number of nitrogens with one attached hydrogen (secondary N) is 1. The fourth-order valence-electron chi connectivity index (χ4n) is 2.24. The minimum absolute atomic E-state index is 0.0981. The molecule has 6 nitrogen and oxygen atoms in total. The minimum Gasteiger partial charge on any atom is -0.301 e. The molecule has 1 N–H and O–H groups in total. The Morgan fingerprint density at radius 3 is 2.56 bits per heavy atom. The predicted molar refractivity (Wildman–Crippen MR) is 102 cm³/mol. The summed E-state index contributed by atoms with van der Waals surface area (Å²) >= 11 is 2.86. The van der Waals surface area contributed by atoms with Crippen molar-refractivity contribution in [1.29, 1.82) is 0 Å². The van der Waals surface area contributed by atoms with Crippen molar-refractivity contribution in [1.82, 2.24) is 19.7 Å². The molecule has 25 heavy (non-hydrogen) atoms. The Hall–Kier alpha value is -2.19. The number of thiazole rings is 1. The van der Waals surface area contributed by atoms with E-state index in [2.05, 4.69) is 20.5 Å². The van der Waals surface area contributed by atoms with Gasteiger partial charge in [-0.25, -0.2) is 4.98 Å². The van der Waals surface area contributed by atoms with Crippen LogP contribution in [-0.2, 0) is 4.79 Å². The summed E-state index contributed by atoms with van der Waals surface area (Å²) in [6.07, 6.45) is 0. The van der Waals surface area contributed by atoms with E-state index in [1.807, 2.05) is 62.6 Å². The van der Waals surface area contributed by atoms with Gasteiger partial charge in [-0.1, -0.05) is 30.0 Å². The van der Waals surface area contributed by atoms with E-state index in [-0.39, 0.29) is 11.2 Å². The summed E-state index contributed by atoms with van der Waals surface area (Å²) in [7, 11) is 0. The van der Waals surface area contributed by atoms with Gasteiger partial charge in [-0.2, -0.15) is 0 Å². The Balaban J connectivity index is 1.75. The summed E-state index contributed by atoms with van der Waals surface area (Å²) in [6.45, 7) is 7.68. The number of aryl methyl sites for hydroxylation is 3. The van der Waals surface area contributed by atoms with Crippen molar-refractivity contribution in [2.75, 3.05) is 5.32 Å². The number of thioether (sulfide) groups is 1. The maximum absolute atomic E-state index is 12.5. The lowest BCUT2D eigenvalue weighted by Gasteiger charge is -2.12. The summed E-state index contributed by atoms with van der Waals surface area (Å²) in [6, 6.07) is 9.88. The van der Waals surface area contributed by atoms with E-state index < -0.39 is 0 Å². The standard InChI is InChI=1S/C17H19N5OS2/c1-10-11(2)24-16(18-10)19-15(23)12(3)25-17-21-20-13(4)22(17)14-8-6-5-7-9-14/h5-9,12H,1-4H3,(H,18,19,23)/t12-/m0/s1. The number of amides is 1. The van der Waals surface area contributed by atoms with E-state index in [1.165, 1.54) is 23.1 Å². The zero-order valence-electron chi connectivity index (χ0n) is 14.5. The molecule has 0 aliphatic heterocycles. The molecule has 130 valence electrons. The molecule has 1 amide bonds. The Morgan fingerprint density at radius 1 is 1.20 bits per heavy atom. The van der Waals surface area contributed by atoms with Crippen LogP contribution in [0.1, 0.15) is 23.3 Å². The van der Waals surface area contributed by atoms with Gasteiger partial charge in [0.25, 0.3) is 0 Å². The number of aromatic nitrogens is 4. The van der Waals surface area contributed by atoms with Crippen LogP contribution in [0.4, 0.5) is 5.13 Å². The van der Waals surface area contributed by atoms with Crippen molar-refractivity contribution in [2.45, 2.75) is 38.1 Å². The first-order valence-corrected chi connectivity index (χ1v) is 9.54. The Bertz CT molecular complexity index is 868. The largest absolute Gasteiger partial charge is 0.301 e. The number of carbonyl (C=O) groups is 1. The van der Waals surface area contributed by atoms with E-state index in [0.717, 1.165) is 22.1 Å². The molecule has 0 saturated heterocycles. The predicted octanol–water partition coefficient (Wildman–Crippen LogP) is 3.77. The minimum atomic E-state index is -0.324. The molecular formula is C17H19N5OS2. The quantitative estimate of drug-likeness (QED) is 0.689. The van der Waals surface area contributed by atoms with Gasteiger partial charge in [-0.15, -0.1) is 21.5 Å². The highest BCUT2D eigenvalue weighted by Gasteiger charge is 2.21. The molecule has 0 aliphatic carbocycles. The smallest absolute Gasteiger partial charge is 0.239 e. The zero-order valence-corrected chi connectivity index (χ0v) is 16.1. The third kappa shape index (κ3) is 3.91. The maximum atomic E-state index is 12.5. The summed E-state index contributed by atoms with van der Waals surface area (Å²) < 4.78 is 1.95. The van der Waals surface area contributed by atoms with Crippen LogP contribution in [0.25, 0.3) is 5.69 Å². The van der Waals surface area contributed by atoms with Crippen LogP contribution in [0.3, 0.4) is 0 Å². The molecule has 0 fully saturated rings. The third-order valence-electron chi connectivity index (χ3n) is 3.72. The summed E-state index contributed by atoms with van der Waals surface area (Å²) in [5, 5.41) is 12.3. The summed E-state index contributed by atoms with van der Waals surface area (Å²) in [4.78, 5) is 17.9. The van der Waals surface area contributed by atoms with Gasteiger partial charge in [-0.05, 0) is 39.8 Å². The van der Waals surface area contributed by atoms with E-state index in [9.17, 15) is 4.79 Å². The molecule has 0 radical (unpaired) electrons. The number of hydrogen-bond donors (Lipinski definition) is 1. The lowest BCUT2D eigenvalue weighted by atomic mass is 10.3. The number of anilines is 1. The highest BCUT2D eigenvalue weighted by Crippen LogP contribution is 2.27. The molecule has 1 atom stereocenters. The van der Waals surface area contributed by atoms with Crippen LogP contribution in [0, 0.1) is 20.8 Å². The first kappa shape index (κ1) is 17.6. The molecule has 0 spiro atoms. The fourth-order valence-corrected chi connectivity index (χ4v) is 3.97. The van der Waals surface area contributed by atoms with E-state index >= 15 is 0 Å². The Morgan fingerprint density at radius 2 is 1.92 bits per heavy atom. The topological polar surface area (TPSA) is 72.7 Å². The van der Waals surface area contributed by atoms with Gasteiger partial charge in [-0.3, -0.25) is 9.36 Å². The molecule has 0 bridgehead atoms. The monoisotopic (exact) mass is 373 g/mol. The van der Waals surface area contributed by atoms with Crippen molar-refractivity contribution in [3.8, 4) is 5.69 Å². The zero-order chi connectivity index (χ0) is 18.0. The molecule has 3 aromatic rings. The molecule has 0 aliphatic rings. The average Bonchev–Trinajstić information content (AvgIpc) is 3.10. The van der Waals surface area contributed by atoms with Crippen LogP contribution >= 0.6 is 23.1 Å². The SMILES string of the molecule is Cc1nc(NC(=O)[C@H](C)Sc2nnc(C)n2-c2ccccc2)sc1C. The number of carbonyl (C=O) groups excluding carboxylic acids is 1. The Kier molecular flexibility index (Phi) is 5.19. The molecule has 0 unspecified atom stereocenters. The lowest BCUT2D eigenvalue weighted by molar-refractivity contribution is -0.115. The second-order valence-corrected chi connectivity index (χ2v) is 8.12. The van der Waals surface area contributed by atoms with Crippen LogP contribution in [0.2, 0.25) is 0 Å². The van der Waals surface area contributed by atoms with Crippen molar-refractivity contribution in [2.24, 2.45) is 0 Å². The molecule has 2 aromatic heterocycles. The maximum Gasteiger partial charge on any atom is 0.239 e. The van der Waals surface area contributed by atoms with Gasteiger partial charge in [0.2, 0.25) is 5.91 Å². The van der Waals surface area contributed by atoms with Crippen molar-refractivity contribution in [3.63, 3.8) is 0 Å². The normalized spacial score (nSPS) is 12.2. The van der Waals surface area contributed by atoms with Gasteiger partial charge in [0.05, 0.1) is 10.9 Å². The molecular weight excluding hydrogens is 354 g/mol. The van der Waals surface area contributed by atoms with Gasteiger partial charge in [0, 0.05) is 10.6 Å². The van der Waals surface area contributed by atoms with Crippen LogP contribution in [-0.4, -0.2) is 30.9 Å². The lowest BCUT2D eigenvalue weighted by Crippen LogP contribution is -2.22. The first-order valence-electron chi connectivity index (χ1n) is 7.84. The molecule has 0 saturated carbocycles. The number of rotatable bonds is 5. The number of para-hydroxylation sites is 1. The second kappa shape index (κ2) is 7.37. The summed E-state index contributed by atoms with van der Waals surface area (Å²) in [5.74, 6) is 0.687. The molecule has 2 heterocycles. The van der Waals surface area contributed by atoms with E-state index in [0.29, 0.717) is 10.3 Å². The summed E-state index contributed by atoms with van der Waals surface area (Å²) in [5.41, 5.74) is 1.92. The second-order valence-electron chi connectivity index (χ2n) is 5.61. The number of hydrogen-bond acceptors (Lipinski definition) is 6. The van der Waals surface area contributed by atoms with Gasteiger partial charge in [0.1, 0.15) is 5.82 Å². The first-order chi connectivity index (χ1) is 12.0. The van der Waals surface area contributed by atoms with Gasteiger partial charge >= 0.3 is 0 Å². The molecule has 1 aromatic carbocycles. The van der Waals surface area contributed by atoms with Crippen LogP contribution in [0.15, 0.2) is 35.5 Å². The van der Waals surface area contributed by atoms with Crippen molar-refractivity contribution < 1.29 is 4.79 Å². The van der Waals surface area contributed by atoms with E-state index in [4.69, 9.17) is 0 Å². The molecule has 3 rings (SSSR count). The van der Waals surface area contributed by atoms with Crippen molar-refractivity contribution in [3.05, 3.63) is 46.7 Å². The third-order valence-corrected chi connectivity index (χ3v) is 5.75. The fraction of sp³-hybridized carbons (Fsp3) is 0.294. The van der Waals surface area contributed by atoms with E-state index in [1.54, 1.807) is 0 Å². The van der Waals surface area contributed by atoms with Gasteiger partial charge < -0.3 is 5.32 Å². The number of nitrogens with zero attached hydrogens (tertiary/aromatic N) is 4. The highest BCUT2D eigenvalue weighted by molar-refractivity contribution is 8.00.